The molecular formula is C5H11IO2. The van der Waals surface area contributed by atoms with Crippen LogP contribution in [0.25, 0.3) is 0 Å². The molecule has 0 aliphatic rings. The van der Waals surface area contributed by atoms with Gasteiger partial charge in [0.1, 0.15) is 23.0 Å². The zero-order valence-corrected chi connectivity index (χ0v) is 7.18. The van der Waals surface area contributed by atoms with Gasteiger partial charge in [0.2, 0.25) is 0 Å². The van der Waals surface area contributed by atoms with Crippen molar-refractivity contribution < 1.29 is 7.80 Å². The summed E-state index contributed by atoms with van der Waals surface area (Å²) in [5.74, 6) is 0. The van der Waals surface area contributed by atoms with E-state index < -0.39 is 0 Å². The second-order valence-electron chi connectivity index (χ2n) is 1.43. The van der Waals surface area contributed by atoms with Gasteiger partial charge in [-0.2, -0.15) is 0 Å². The van der Waals surface area contributed by atoms with Crippen molar-refractivity contribution in [3.05, 3.63) is 0 Å². The Morgan fingerprint density at radius 1 is 1.25 bits per heavy atom. The lowest BCUT2D eigenvalue weighted by Gasteiger charge is -1.97. The van der Waals surface area contributed by atoms with Gasteiger partial charge in [-0.15, -0.1) is 0 Å². The summed E-state index contributed by atoms with van der Waals surface area (Å²) < 4.78 is 9.83. The Bertz CT molecular complexity index is 35.4. The van der Waals surface area contributed by atoms with Gasteiger partial charge in [-0.3, -0.25) is 0 Å². The van der Waals surface area contributed by atoms with Gasteiger partial charge < -0.3 is 7.80 Å². The molecule has 0 saturated carbocycles. The Morgan fingerprint density at radius 3 is 2.50 bits per heavy atom. The second kappa shape index (κ2) is 7.65. The molecule has 0 aliphatic heterocycles. The van der Waals surface area contributed by atoms with Crippen LogP contribution in [-0.2, 0) is 7.80 Å². The monoisotopic (exact) mass is 230 g/mol. The van der Waals surface area contributed by atoms with Crippen LogP contribution >= 0.6 is 23.0 Å². The van der Waals surface area contributed by atoms with Gasteiger partial charge in [0, 0.05) is 6.61 Å². The second-order valence-corrected chi connectivity index (χ2v) is 2.05. The molecule has 0 heterocycles. The highest BCUT2D eigenvalue weighted by atomic mass is 127. The van der Waals surface area contributed by atoms with E-state index in [2.05, 4.69) is 6.92 Å². The molecule has 0 atom stereocenters. The summed E-state index contributed by atoms with van der Waals surface area (Å²) in [7, 11) is 0. The van der Waals surface area contributed by atoms with E-state index in [4.69, 9.17) is 7.80 Å². The minimum Gasteiger partial charge on any atom is -0.379 e. The largest absolute Gasteiger partial charge is 0.379 e. The van der Waals surface area contributed by atoms with E-state index in [1.807, 2.05) is 23.0 Å². The van der Waals surface area contributed by atoms with E-state index in [9.17, 15) is 0 Å². The first-order valence-corrected chi connectivity index (χ1v) is 3.61. The van der Waals surface area contributed by atoms with Gasteiger partial charge in [-0.1, -0.05) is 6.92 Å². The number of hydrogen-bond donors (Lipinski definition) is 0. The van der Waals surface area contributed by atoms with Gasteiger partial charge in [-0.25, -0.2) is 0 Å². The summed E-state index contributed by atoms with van der Waals surface area (Å²) in [5, 5.41) is 0. The van der Waals surface area contributed by atoms with Crippen LogP contribution in [0.15, 0.2) is 0 Å². The fourth-order valence-corrected chi connectivity index (χ4v) is 0.517. The van der Waals surface area contributed by atoms with Crippen LogP contribution in [0, 0.1) is 0 Å². The molecule has 0 saturated heterocycles. The molecule has 0 aromatic rings. The first-order valence-electron chi connectivity index (χ1n) is 2.73. The summed E-state index contributed by atoms with van der Waals surface area (Å²) in [6.07, 6.45) is 1.08. The Labute approximate surface area is 64.2 Å². The van der Waals surface area contributed by atoms with Crippen molar-refractivity contribution in [3.63, 3.8) is 0 Å². The van der Waals surface area contributed by atoms with Crippen molar-refractivity contribution >= 4 is 23.0 Å². The van der Waals surface area contributed by atoms with Gasteiger partial charge >= 0.3 is 0 Å². The zero-order chi connectivity index (χ0) is 6.24. The van der Waals surface area contributed by atoms with Crippen molar-refractivity contribution in [2.45, 2.75) is 13.3 Å². The molecule has 50 valence electrons. The Balaban J connectivity index is 2.53. The lowest BCUT2D eigenvalue weighted by molar-refractivity contribution is 0.113. The third kappa shape index (κ3) is 6.65. The molecule has 0 bridgehead atoms. The topological polar surface area (TPSA) is 18.5 Å². The maximum absolute atomic E-state index is 5.09. The van der Waals surface area contributed by atoms with Crippen LogP contribution in [0.5, 0.6) is 0 Å². The van der Waals surface area contributed by atoms with E-state index in [1.54, 1.807) is 0 Å². The molecule has 0 aromatic heterocycles. The Morgan fingerprint density at radius 2 is 2.00 bits per heavy atom. The molecular weight excluding hydrogens is 219 g/mol. The average Bonchev–Trinajstić information content (AvgIpc) is 1.81. The average molecular weight is 230 g/mol. The van der Waals surface area contributed by atoms with Crippen molar-refractivity contribution in [2.24, 2.45) is 0 Å². The van der Waals surface area contributed by atoms with Crippen molar-refractivity contribution in [1.29, 1.82) is 0 Å². The third-order valence-corrected chi connectivity index (χ3v) is 1.09. The molecule has 0 aliphatic carbocycles. The molecule has 0 radical (unpaired) electrons. The molecule has 0 unspecified atom stereocenters. The van der Waals surface area contributed by atoms with E-state index in [0.29, 0.717) is 6.61 Å². The van der Waals surface area contributed by atoms with E-state index in [1.165, 1.54) is 0 Å². The molecule has 0 rings (SSSR count). The van der Waals surface area contributed by atoms with Crippen molar-refractivity contribution in [1.82, 2.24) is 0 Å². The highest BCUT2D eigenvalue weighted by Gasteiger charge is 1.82. The summed E-state index contributed by atoms with van der Waals surface area (Å²) in [4.78, 5) is 0. The van der Waals surface area contributed by atoms with Crippen LogP contribution in [0.1, 0.15) is 13.3 Å². The fourth-order valence-electron chi connectivity index (χ4n) is 0.337. The number of hydrogen-bond acceptors (Lipinski definition) is 2. The molecule has 3 heteroatoms. The van der Waals surface area contributed by atoms with Crippen LogP contribution < -0.4 is 0 Å². The first kappa shape index (κ1) is 8.65. The zero-order valence-electron chi connectivity index (χ0n) is 5.02. The van der Waals surface area contributed by atoms with Crippen LogP contribution in [-0.4, -0.2) is 19.8 Å². The highest BCUT2D eigenvalue weighted by Crippen LogP contribution is 1.85. The molecule has 0 aromatic carbocycles. The molecule has 2 nitrogen and oxygen atoms in total. The lowest BCUT2D eigenvalue weighted by atomic mass is 10.5. The summed E-state index contributed by atoms with van der Waals surface area (Å²) in [6, 6.07) is 0. The van der Waals surface area contributed by atoms with Crippen molar-refractivity contribution in [3.8, 4) is 0 Å². The maximum atomic E-state index is 5.09. The predicted octanol–water partition coefficient (Wildman–Crippen LogP) is 1.78. The molecule has 8 heavy (non-hydrogen) atoms. The molecule has 0 amide bonds. The minimum absolute atomic E-state index is 0.695. The molecule has 0 fully saturated rings. The number of halogens is 1. The normalized spacial score (nSPS) is 9.75. The smallest absolute Gasteiger partial charge is 0.109 e. The van der Waals surface area contributed by atoms with Gasteiger partial charge in [0.15, 0.2) is 0 Å². The van der Waals surface area contributed by atoms with Crippen LogP contribution in [0.4, 0.5) is 0 Å². The predicted molar refractivity (Wildman–Crippen MR) is 41.1 cm³/mol. The van der Waals surface area contributed by atoms with Crippen LogP contribution in [0.2, 0.25) is 0 Å². The van der Waals surface area contributed by atoms with Gasteiger partial charge in [0.25, 0.3) is 0 Å². The van der Waals surface area contributed by atoms with Gasteiger partial charge in [-0.05, 0) is 6.42 Å². The minimum atomic E-state index is 0.695. The van der Waals surface area contributed by atoms with Crippen LogP contribution in [0.3, 0.4) is 0 Å². The number of ether oxygens (including phenoxy) is 1. The summed E-state index contributed by atoms with van der Waals surface area (Å²) in [5.41, 5.74) is 0. The first-order chi connectivity index (χ1) is 3.91. The molecule has 0 spiro atoms. The van der Waals surface area contributed by atoms with Gasteiger partial charge in [0.05, 0.1) is 13.2 Å². The van der Waals surface area contributed by atoms with Crippen molar-refractivity contribution in [2.75, 3.05) is 19.8 Å². The maximum Gasteiger partial charge on any atom is 0.109 e. The lowest BCUT2D eigenvalue weighted by Crippen LogP contribution is -1.99. The van der Waals surface area contributed by atoms with E-state index in [-0.39, 0.29) is 0 Å². The Kier molecular flexibility index (Phi) is 8.27. The third-order valence-electron chi connectivity index (χ3n) is 0.653. The molecule has 0 N–H and O–H groups in total. The summed E-state index contributed by atoms with van der Waals surface area (Å²) in [6.45, 7) is 4.35. The fraction of sp³-hybridized carbons (Fsp3) is 1.00. The van der Waals surface area contributed by atoms with E-state index in [0.717, 1.165) is 19.6 Å². The SMILES string of the molecule is CCCOCCOI. The highest BCUT2D eigenvalue weighted by molar-refractivity contribution is 14.1. The quantitative estimate of drug-likeness (QED) is 0.529. The standard InChI is InChI=1S/C5H11IO2/c1-2-3-7-4-5-8-6/h2-5H2,1H3. The summed E-state index contributed by atoms with van der Waals surface area (Å²) >= 11 is 1.86. The Hall–Kier alpha value is 0.650. The van der Waals surface area contributed by atoms with E-state index >= 15 is 0 Å². The number of rotatable bonds is 5.